The number of carbonyl (C=O) groups excluding carboxylic acids is 1. The molecule has 0 aliphatic carbocycles. The van der Waals surface area contributed by atoms with Crippen molar-refractivity contribution in [1.82, 2.24) is 0 Å². The van der Waals surface area contributed by atoms with Crippen LogP contribution in [0.5, 0.6) is 0 Å². The van der Waals surface area contributed by atoms with Crippen LogP contribution in [0.2, 0.25) is 0 Å². The molecule has 0 aliphatic rings. The van der Waals surface area contributed by atoms with Crippen molar-refractivity contribution >= 4 is 5.97 Å². The first-order valence-electron chi connectivity index (χ1n) is 2.62. The van der Waals surface area contributed by atoms with Gasteiger partial charge in [0.2, 0.25) is 0 Å². The number of carboxylic acid groups (broad SMARTS) is 1. The predicted octanol–water partition coefficient (Wildman–Crippen LogP) is -2.90. The van der Waals surface area contributed by atoms with Crippen molar-refractivity contribution in [2.24, 2.45) is 0 Å². The normalized spacial score (nSPS) is 9.00. The van der Waals surface area contributed by atoms with Gasteiger partial charge in [-0.15, -0.1) is 0 Å². The van der Waals surface area contributed by atoms with Gasteiger partial charge in [0.05, 0.1) is 0 Å². The average Bonchev–Trinajstić information content (AvgIpc) is 1.66. The van der Waals surface area contributed by atoms with Crippen LogP contribution in [0.1, 0.15) is 19.8 Å². The zero-order valence-electron chi connectivity index (χ0n) is 5.89. The third-order valence-corrected chi connectivity index (χ3v) is 0.687. The first-order valence-corrected chi connectivity index (χ1v) is 2.62. The van der Waals surface area contributed by atoms with E-state index in [1.165, 1.54) is 0 Å². The van der Waals surface area contributed by atoms with Gasteiger partial charge >= 0.3 is 51.4 Å². The number of hydrogen-bond acceptors (Lipinski definition) is 2. The van der Waals surface area contributed by atoms with Gasteiger partial charge in [0.15, 0.2) is 0 Å². The summed E-state index contributed by atoms with van der Waals surface area (Å²) in [5.41, 5.74) is 0. The summed E-state index contributed by atoms with van der Waals surface area (Å²) in [7, 11) is 0. The molecule has 0 aromatic carbocycles. The Morgan fingerprint density at radius 1 is 1.56 bits per heavy atom. The van der Waals surface area contributed by atoms with E-state index in [4.69, 9.17) is 0 Å². The number of allylic oxidation sites excluding steroid dienone is 1. The molecule has 3 heteroatoms. The Morgan fingerprint density at radius 2 is 2.11 bits per heavy atom. The fourth-order valence-corrected chi connectivity index (χ4v) is 0.346. The molecule has 0 radical (unpaired) electrons. The van der Waals surface area contributed by atoms with Crippen molar-refractivity contribution in [3.63, 3.8) is 0 Å². The molecule has 0 bridgehead atoms. The SMILES string of the molecule is CC/C=C/CC(=O)[O-].[K+]. The molecule has 0 heterocycles. The van der Waals surface area contributed by atoms with Crippen molar-refractivity contribution in [3.8, 4) is 0 Å². The van der Waals surface area contributed by atoms with Gasteiger partial charge in [-0.1, -0.05) is 19.1 Å². The minimum Gasteiger partial charge on any atom is -0.550 e. The molecule has 0 aromatic heterocycles. The summed E-state index contributed by atoms with van der Waals surface area (Å²) in [6.07, 6.45) is 4.31. The maximum absolute atomic E-state index is 9.71. The molecule has 0 atom stereocenters. The summed E-state index contributed by atoms with van der Waals surface area (Å²) >= 11 is 0. The van der Waals surface area contributed by atoms with Gasteiger partial charge < -0.3 is 9.90 Å². The van der Waals surface area contributed by atoms with Crippen LogP contribution in [0.4, 0.5) is 0 Å². The topological polar surface area (TPSA) is 40.1 Å². The number of carboxylic acids is 1. The molecule has 0 aromatic rings. The molecule has 0 spiro atoms. The van der Waals surface area contributed by atoms with Crippen molar-refractivity contribution in [2.75, 3.05) is 0 Å². The van der Waals surface area contributed by atoms with Crippen LogP contribution in [-0.4, -0.2) is 5.97 Å². The number of carbonyl (C=O) groups is 1. The fourth-order valence-electron chi connectivity index (χ4n) is 0.346. The standard InChI is InChI=1S/C6H10O2.K/c1-2-3-4-5-6(7)8;/h3-4H,2,5H2,1H3,(H,7,8);/q;+1/p-1/b4-3+;. The summed E-state index contributed by atoms with van der Waals surface area (Å²) in [6.45, 7) is 1.95. The van der Waals surface area contributed by atoms with Crippen molar-refractivity contribution in [1.29, 1.82) is 0 Å². The van der Waals surface area contributed by atoms with Gasteiger partial charge in [0.1, 0.15) is 0 Å². The smallest absolute Gasteiger partial charge is 0.550 e. The molecule has 0 unspecified atom stereocenters. The molecule has 46 valence electrons. The maximum atomic E-state index is 9.71. The number of rotatable bonds is 3. The molecule has 0 saturated carbocycles. The molecule has 0 fully saturated rings. The third-order valence-electron chi connectivity index (χ3n) is 0.687. The summed E-state index contributed by atoms with van der Waals surface area (Å²) in [4.78, 5) is 9.71. The van der Waals surface area contributed by atoms with E-state index < -0.39 is 5.97 Å². The fraction of sp³-hybridized carbons (Fsp3) is 0.500. The van der Waals surface area contributed by atoms with Crippen molar-refractivity contribution < 1.29 is 61.3 Å². The van der Waals surface area contributed by atoms with Crippen LogP contribution in [0, 0.1) is 0 Å². The van der Waals surface area contributed by atoms with E-state index in [0.717, 1.165) is 6.42 Å². The van der Waals surface area contributed by atoms with Crippen LogP contribution < -0.4 is 56.5 Å². The Balaban J connectivity index is 0. The van der Waals surface area contributed by atoms with Gasteiger partial charge in [-0.2, -0.15) is 0 Å². The first-order chi connectivity index (χ1) is 3.77. The molecule has 2 nitrogen and oxygen atoms in total. The number of hydrogen-bond donors (Lipinski definition) is 0. The van der Waals surface area contributed by atoms with E-state index in [1.54, 1.807) is 12.2 Å². The largest absolute Gasteiger partial charge is 1.00 e. The summed E-state index contributed by atoms with van der Waals surface area (Å²) in [6, 6.07) is 0. The quantitative estimate of drug-likeness (QED) is 0.321. The summed E-state index contributed by atoms with van der Waals surface area (Å²) in [5.74, 6) is -1.02. The van der Waals surface area contributed by atoms with Crippen molar-refractivity contribution in [2.45, 2.75) is 19.8 Å². The van der Waals surface area contributed by atoms with E-state index >= 15 is 0 Å². The molecule has 0 aliphatic heterocycles. The van der Waals surface area contributed by atoms with E-state index in [-0.39, 0.29) is 57.8 Å². The molecular formula is C6H9KO2. The van der Waals surface area contributed by atoms with E-state index in [2.05, 4.69) is 0 Å². The van der Waals surface area contributed by atoms with E-state index in [9.17, 15) is 9.90 Å². The van der Waals surface area contributed by atoms with Gasteiger partial charge in [0.25, 0.3) is 0 Å². The van der Waals surface area contributed by atoms with Gasteiger partial charge in [-0.3, -0.25) is 0 Å². The first kappa shape index (κ1) is 12.5. The van der Waals surface area contributed by atoms with Crippen LogP contribution in [0.3, 0.4) is 0 Å². The van der Waals surface area contributed by atoms with Crippen molar-refractivity contribution in [3.05, 3.63) is 12.2 Å². The minimum atomic E-state index is -1.02. The second-order valence-electron chi connectivity index (χ2n) is 1.46. The van der Waals surface area contributed by atoms with E-state index in [0.29, 0.717) is 0 Å². The number of aliphatic carboxylic acids is 1. The Bertz CT molecular complexity index is 99.2. The minimum absolute atomic E-state index is 0. The Kier molecular flexibility index (Phi) is 12.3. The Morgan fingerprint density at radius 3 is 2.44 bits per heavy atom. The van der Waals surface area contributed by atoms with Crippen LogP contribution in [-0.2, 0) is 4.79 Å². The third kappa shape index (κ3) is 12.1. The van der Waals surface area contributed by atoms with E-state index in [1.807, 2.05) is 6.92 Å². The monoisotopic (exact) mass is 152 g/mol. The van der Waals surface area contributed by atoms with Gasteiger partial charge in [-0.25, -0.2) is 0 Å². The zero-order valence-corrected chi connectivity index (χ0v) is 9.01. The van der Waals surface area contributed by atoms with Crippen LogP contribution in [0.15, 0.2) is 12.2 Å². The van der Waals surface area contributed by atoms with Crippen LogP contribution >= 0.6 is 0 Å². The summed E-state index contributed by atoms with van der Waals surface area (Å²) < 4.78 is 0. The molecular weight excluding hydrogens is 143 g/mol. The molecule has 9 heavy (non-hydrogen) atoms. The maximum Gasteiger partial charge on any atom is 1.00 e. The molecule has 0 rings (SSSR count). The van der Waals surface area contributed by atoms with Gasteiger partial charge in [0, 0.05) is 12.4 Å². The molecule has 0 amide bonds. The average molecular weight is 152 g/mol. The second-order valence-corrected chi connectivity index (χ2v) is 1.46. The van der Waals surface area contributed by atoms with Crippen LogP contribution in [0.25, 0.3) is 0 Å². The Hall–Kier alpha value is 0.846. The molecule has 0 N–H and O–H groups in total. The molecule has 0 saturated heterocycles. The predicted molar refractivity (Wildman–Crippen MR) is 29.1 cm³/mol. The van der Waals surface area contributed by atoms with Gasteiger partial charge in [-0.05, 0) is 6.42 Å². The Labute approximate surface area is 97.8 Å². The zero-order chi connectivity index (χ0) is 6.41. The second kappa shape index (κ2) is 8.85. The summed E-state index contributed by atoms with van der Waals surface area (Å²) in [5, 5.41) is 9.71.